The quantitative estimate of drug-likeness (QED) is 0.613. The summed E-state index contributed by atoms with van der Waals surface area (Å²) in [6, 6.07) is 18.3. The van der Waals surface area contributed by atoms with Crippen molar-refractivity contribution in [3.05, 3.63) is 65.9 Å². The normalized spacial score (nSPS) is 16.1. The van der Waals surface area contributed by atoms with E-state index in [0.717, 1.165) is 34.5 Å². The van der Waals surface area contributed by atoms with Crippen molar-refractivity contribution in [3.8, 4) is 5.75 Å². The van der Waals surface area contributed by atoms with Crippen molar-refractivity contribution in [3.63, 3.8) is 0 Å². The predicted octanol–water partition coefficient (Wildman–Crippen LogP) is 4.24. The molecule has 1 aliphatic heterocycles. The predicted molar refractivity (Wildman–Crippen MR) is 103 cm³/mol. The van der Waals surface area contributed by atoms with Gasteiger partial charge in [-0.15, -0.1) is 0 Å². The SMILES string of the molecule is CCOC(=O)CC1OCCn2c1cc1cc(OCc3ccccc3)ccc12. The molecular formula is C22H23NO4. The first-order chi connectivity index (χ1) is 13.2. The second kappa shape index (κ2) is 7.84. The zero-order valence-corrected chi connectivity index (χ0v) is 15.4. The van der Waals surface area contributed by atoms with E-state index in [1.807, 2.05) is 49.4 Å². The summed E-state index contributed by atoms with van der Waals surface area (Å²) in [6.07, 6.45) is -0.0273. The van der Waals surface area contributed by atoms with Crippen LogP contribution in [0.1, 0.15) is 30.7 Å². The van der Waals surface area contributed by atoms with Crippen LogP contribution in [0.25, 0.3) is 10.9 Å². The number of fused-ring (bicyclic) bond motifs is 3. The minimum Gasteiger partial charge on any atom is -0.489 e. The molecule has 0 N–H and O–H groups in total. The van der Waals surface area contributed by atoms with Gasteiger partial charge in [-0.05, 0) is 36.8 Å². The standard InChI is InChI=1S/C22H23NO4/c1-2-25-22(24)14-21-20-13-17-12-18(27-15-16-6-4-3-5-7-16)8-9-19(17)23(20)10-11-26-21/h3-9,12-13,21H,2,10-11,14-15H2,1H3. The molecule has 1 unspecified atom stereocenters. The molecule has 4 rings (SSSR count). The Morgan fingerprint density at radius 3 is 2.85 bits per heavy atom. The van der Waals surface area contributed by atoms with Gasteiger partial charge in [0, 0.05) is 23.1 Å². The molecule has 2 heterocycles. The lowest BCUT2D eigenvalue weighted by Gasteiger charge is -2.25. The van der Waals surface area contributed by atoms with E-state index in [2.05, 4.69) is 16.7 Å². The molecule has 0 fully saturated rings. The van der Waals surface area contributed by atoms with Gasteiger partial charge in [0.2, 0.25) is 0 Å². The Morgan fingerprint density at radius 2 is 2.04 bits per heavy atom. The number of rotatable bonds is 6. The van der Waals surface area contributed by atoms with Gasteiger partial charge in [-0.3, -0.25) is 4.79 Å². The fourth-order valence-electron chi connectivity index (χ4n) is 3.52. The highest BCUT2D eigenvalue weighted by atomic mass is 16.5. The molecule has 27 heavy (non-hydrogen) atoms. The molecule has 0 radical (unpaired) electrons. The van der Waals surface area contributed by atoms with Crippen LogP contribution in [0.3, 0.4) is 0 Å². The maximum absolute atomic E-state index is 11.9. The number of aromatic nitrogens is 1. The number of esters is 1. The van der Waals surface area contributed by atoms with Crippen LogP contribution in [0.4, 0.5) is 0 Å². The van der Waals surface area contributed by atoms with Crippen LogP contribution in [0.2, 0.25) is 0 Å². The lowest BCUT2D eigenvalue weighted by molar-refractivity contribution is -0.147. The van der Waals surface area contributed by atoms with Gasteiger partial charge in [-0.1, -0.05) is 30.3 Å². The molecule has 0 saturated heterocycles. The van der Waals surface area contributed by atoms with Gasteiger partial charge in [-0.25, -0.2) is 0 Å². The van der Waals surface area contributed by atoms with Crippen LogP contribution in [-0.4, -0.2) is 23.8 Å². The number of benzene rings is 2. The monoisotopic (exact) mass is 365 g/mol. The van der Waals surface area contributed by atoms with Crippen molar-refractivity contribution in [2.24, 2.45) is 0 Å². The molecule has 3 aromatic rings. The summed E-state index contributed by atoms with van der Waals surface area (Å²) in [6.45, 7) is 4.11. The highest BCUT2D eigenvalue weighted by Gasteiger charge is 2.26. The van der Waals surface area contributed by atoms with Crippen molar-refractivity contribution in [1.82, 2.24) is 4.57 Å². The van der Waals surface area contributed by atoms with E-state index >= 15 is 0 Å². The number of carbonyl (C=O) groups excluding carboxylic acids is 1. The van der Waals surface area contributed by atoms with E-state index in [1.165, 1.54) is 0 Å². The Morgan fingerprint density at radius 1 is 1.19 bits per heavy atom. The van der Waals surface area contributed by atoms with Crippen molar-refractivity contribution < 1.29 is 19.0 Å². The minimum atomic E-state index is -0.265. The van der Waals surface area contributed by atoms with Crippen molar-refractivity contribution in [2.45, 2.75) is 32.6 Å². The second-order valence-corrected chi connectivity index (χ2v) is 6.58. The molecule has 140 valence electrons. The summed E-state index contributed by atoms with van der Waals surface area (Å²) in [7, 11) is 0. The molecule has 0 bridgehead atoms. The molecule has 0 spiro atoms. The van der Waals surface area contributed by atoms with Gasteiger partial charge in [0.15, 0.2) is 0 Å². The average Bonchev–Trinajstić information content (AvgIpc) is 3.06. The van der Waals surface area contributed by atoms with E-state index in [4.69, 9.17) is 14.2 Å². The fraction of sp³-hybridized carbons (Fsp3) is 0.318. The van der Waals surface area contributed by atoms with Gasteiger partial charge in [0.25, 0.3) is 0 Å². The maximum atomic E-state index is 11.9. The van der Waals surface area contributed by atoms with Crippen LogP contribution < -0.4 is 4.74 Å². The highest BCUT2D eigenvalue weighted by molar-refractivity contribution is 5.83. The summed E-state index contributed by atoms with van der Waals surface area (Å²) in [5.74, 6) is 0.602. The summed E-state index contributed by atoms with van der Waals surface area (Å²) in [4.78, 5) is 11.9. The van der Waals surface area contributed by atoms with Gasteiger partial charge in [0.05, 0.1) is 19.6 Å². The highest BCUT2D eigenvalue weighted by Crippen LogP contribution is 2.33. The molecule has 0 aliphatic carbocycles. The third kappa shape index (κ3) is 3.83. The zero-order valence-electron chi connectivity index (χ0n) is 15.4. The van der Waals surface area contributed by atoms with Crippen LogP contribution in [0.5, 0.6) is 5.75 Å². The Kier molecular flexibility index (Phi) is 5.12. The van der Waals surface area contributed by atoms with E-state index in [-0.39, 0.29) is 18.5 Å². The molecule has 5 heteroatoms. The average molecular weight is 365 g/mol. The van der Waals surface area contributed by atoms with Crippen LogP contribution in [0, 0.1) is 0 Å². The fourth-order valence-corrected chi connectivity index (χ4v) is 3.52. The maximum Gasteiger partial charge on any atom is 0.308 e. The number of nitrogens with zero attached hydrogens (tertiary/aromatic N) is 1. The molecule has 0 amide bonds. The molecule has 1 aliphatic rings. The number of ether oxygens (including phenoxy) is 3. The number of carbonyl (C=O) groups is 1. The molecule has 1 aromatic heterocycles. The number of hydrogen-bond acceptors (Lipinski definition) is 4. The second-order valence-electron chi connectivity index (χ2n) is 6.58. The summed E-state index contributed by atoms with van der Waals surface area (Å²) in [5.41, 5.74) is 3.29. The third-order valence-corrected chi connectivity index (χ3v) is 4.77. The number of hydrogen-bond donors (Lipinski definition) is 0. The Hall–Kier alpha value is -2.79. The van der Waals surface area contributed by atoms with Crippen LogP contribution in [-0.2, 0) is 27.4 Å². The van der Waals surface area contributed by atoms with Crippen LogP contribution >= 0.6 is 0 Å². The Bertz CT molecular complexity index is 932. The Balaban J connectivity index is 1.55. The molecule has 5 nitrogen and oxygen atoms in total. The topological polar surface area (TPSA) is 49.7 Å². The Labute approximate surface area is 158 Å². The van der Waals surface area contributed by atoms with Crippen molar-refractivity contribution in [1.29, 1.82) is 0 Å². The smallest absolute Gasteiger partial charge is 0.308 e. The molecule has 2 aromatic carbocycles. The zero-order chi connectivity index (χ0) is 18.6. The first-order valence-electron chi connectivity index (χ1n) is 9.31. The van der Waals surface area contributed by atoms with Crippen LogP contribution in [0.15, 0.2) is 54.6 Å². The molecular weight excluding hydrogens is 342 g/mol. The van der Waals surface area contributed by atoms with E-state index in [0.29, 0.717) is 19.8 Å². The van der Waals surface area contributed by atoms with E-state index in [9.17, 15) is 4.79 Å². The summed E-state index contributed by atoms with van der Waals surface area (Å²) < 4.78 is 19.1. The van der Waals surface area contributed by atoms with Gasteiger partial charge >= 0.3 is 5.97 Å². The summed E-state index contributed by atoms with van der Waals surface area (Å²) in [5, 5.41) is 1.09. The van der Waals surface area contributed by atoms with E-state index in [1.54, 1.807) is 0 Å². The van der Waals surface area contributed by atoms with Crippen molar-refractivity contribution in [2.75, 3.05) is 13.2 Å². The first-order valence-corrected chi connectivity index (χ1v) is 9.31. The van der Waals surface area contributed by atoms with Gasteiger partial charge in [-0.2, -0.15) is 0 Å². The third-order valence-electron chi connectivity index (χ3n) is 4.77. The van der Waals surface area contributed by atoms with E-state index < -0.39 is 0 Å². The lowest BCUT2D eigenvalue weighted by Crippen LogP contribution is -2.23. The lowest BCUT2D eigenvalue weighted by atomic mass is 10.1. The minimum absolute atomic E-state index is 0.229. The van der Waals surface area contributed by atoms with Gasteiger partial charge in [0.1, 0.15) is 18.5 Å². The van der Waals surface area contributed by atoms with Gasteiger partial charge < -0.3 is 18.8 Å². The first kappa shape index (κ1) is 17.6. The summed E-state index contributed by atoms with van der Waals surface area (Å²) >= 11 is 0. The largest absolute Gasteiger partial charge is 0.489 e. The molecule has 0 saturated carbocycles. The van der Waals surface area contributed by atoms with Crippen molar-refractivity contribution >= 4 is 16.9 Å². The molecule has 1 atom stereocenters.